The summed E-state index contributed by atoms with van der Waals surface area (Å²) in [5.74, 6) is -0.204. The van der Waals surface area contributed by atoms with Gasteiger partial charge in [-0.2, -0.15) is 0 Å². The molecule has 1 saturated heterocycles. The molecule has 0 bridgehead atoms. The van der Waals surface area contributed by atoms with Gasteiger partial charge in [-0.3, -0.25) is 14.8 Å². The summed E-state index contributed by atoms with van der Waals surface area (Å²) in [6, 6.07) is 17.4. The Labute approximate surface area is 165 Å². The molecule has 0 aliphatic carbocycles. The molecule has 0 unspecified atom stereocenters. The Morgan fingerprint density at radius 2 is 1.82 bits per heavy atom. The van der Waals surface area contributed by atoms with Crippen molar-refractivity contribution in [3.8, 4) is 0 Å². The van der Waals surface area contributed by atoms with Crippen LogP contribution >= 0.6 is 0 Å². The second-order valence-corrected chi connectivity index (χ2v) is 7.49. The number of pyridine rings is 1. The fourth-order valence-corrected chi connectivity index (χ4v) is 4.09. The van der Waals surface area contributed by atoms with Crippen LogP contribution in [-0.2, 0) is 13.1 Å². The van der Waals surface area contributed by atoms with Gasteiger partial charge in [0.15, 0.2) is 0 Å². The van der Waals surface area contributed by atoms with Gasteiger partial charge in [0, 0.05) is 57.0 Å². The zero-order chi connectivity index (χ0) is 19.3. The van der Waals surface area contributed by atoms with Crippen LogP contribution in [0.25, 0.3) is 10.9 Å². The van der Waals surface area contributed by atoms with E-state index in [0.29, 0.717) is 0 Å². The molecule has 0 amide bonds. The SMILES string of the molecule is OCC[C@H]1CN(Cc2cccc3cccnc23)CCN1Cc1ccc(F)cc1. The van der Waals surface area contributed by atoms with Crippen molar-refractivity contribution in [1.29, 1.82) is 0 Å². The van der Waals surface area contributed by atoms with E-state index in [0.717, 1.165) is 50.2 Å². The van der Waals surface area contributed by atoms with Crippen LogP contribution in [0.15, 0.2) is 60.8 Å². The topological polar surface area (TPSA) is 39.6 Å². The molecule has 2 heterocycles. The van der Waals surface area contributed by atoms with Crippen molar-refractivity contribution in [2.45, 2.75) is 25.6 Å². The van der Waals surface area contributed by atoms with E-state index in [1.165, 1.54) is 23.1 Å². The zero-order valence-electron chi connectivity index (χ0n) is 16.0. The molecule has 3 aromatic rings. The molecule has 4 nitrogen and oxygen atoms in total. The number of aromatic nitrogens is 1. The highest BCUT2D eigenvalue weighted by molar-refractivity contribution is 5.81. The number of halogens is 1. The number of para-hydroxylation sites is 1. The first-order chi connectivity index (χ1) is 13.7. The monoisotopic (exact) mass is 379 g/mol. The van der Waals surface area contributed by atoms with Crippen molar-refractivity contribution >= 4 is 10.9 Å². The van der Waals surface area contributed by atoms with Crippen LogP contribution in [0, 0.1) is 5.82 Å². The van der Waals surface area contributed by atoms with Gasteiger partial charge in [-0.05, 0) is 35.7 Å². The van der Waals surface area contributed by atoms with Gasteiger partial charge in [0.2, 0.25) is 0 Å². The first kappa shape index (κ1) is 19.0. The summed E-state index contributed by atoms with van der Waals surface area (Å²) in [7, 11) is 0. The molecule has 1 aliphatic rings. The highest BCUT2D eigenvalue weighted by Gasteiger charge is 2.27. The lowest BCUT2D eigenvalue weighted by atomic mass is 10.0. The molecule has 5 heteroatoms. The summed E-state index contributed by atoms with van der Waals surface area (Å²) in [5.41, 5.74) is 3.42. The molecule has 4 rings (SSSR count). The van der Waals surface area contributed by atoms with Crippen molar-refractivity contribution in [1.82, 2.24) is 14.8 Å². The predicted octanol–water partition coefficient (Wildman–Crippen LogP) is 3.44. The highest BCUT2D eigenvalue weighted by Crippen LogP contribution is 2.22. The number of hydrogen-bond acceptors (Lipinski definition) is 4. The summed E-state index contributed by atoms with van der Waals surface area (Å²) in [4.78, 5) is 9.43. The summed E-state index contributed by atoms with van der Waals surface area (Å²) >= 11 is 0. The van der Waals surface area contributed by atoms with Gasteiger partial charge in [-0.15, -0.1) is 0 Å². The van der Waals surface area contributed by atoms with Gasteiger partial charge in [0.1, 0.15) is 5.82 Å². The minimum atomic E-state index is -0.204. The average Bonchev–Trinajstić information content (AvgIpc) is 2.72. The van der Waals surface area contributed by atoms with Gasteiger partial charge < -0.3 is 5.11 Å². The van der Waals surface area contributed by atoms with Crippen LogP contribution in [0.1, 0.15) is 17.5 Å². The summed E-state index contributed by atoms with van der Waals surface area (Å²) < 4.78 is 13.2. The molecule has 1 atom stereocenters. The molecule has 1 fully saturated rings. The molecule has 2 aromatic carbocycles. The minimum Gasteiger partial charge on any atom is -0.396 e. The first-order valence-corrected chi connectivity index (χ1v) is 9.87. The molecule has 0 spiro atoms. The van der Waals surface area contributed by atoms with Gasteiger partial charge in [0.25, 0.3) is 0 Å². The molecule has 1 aliphatic heterocycles. The van der Waals surface area contributed by atoms with E-state index >= 15 is 0 Å². The van der Waals surface area contributed by atoms with Crippen molar-refractivity contribution in [3.63, 3.8) is 0 Å². The summed E-state index contributed by atoms with van der Waals surface area (Å²) in [6.45, 7) is 4.63. The molecular weight excluding hydrogens is 353 g/mol. The van der Waals surface area contributed by atoms with Gasteiger partial charge in [-0.1, -0.05) is 36.4 Å². The first-order valence-electron chi connectivity index (χ1n) is 9.87. The number of benzene rings is 2. The third-order valence-corrected chi connectivity index (χ3v) is 5.56. The smallest absolute Gasteiger partial charge is 0.123 e. The normalized spacial score (nSPS) is 18.6. The van der Waals surface area contributed by atoms with E-state index in [2.05, 4.69) is 39.0 Å². The Balaban J connectivity index is 1.45. The van der Waals surface area contributed by atoms with E-state index < -0.39 is 0 Å². The lowest BCUT2D eigenvalue weighted by molar-refractivity contribution is 0.0501. The number of aliphatic hydroxyl groups is 1. The highest BCUT2D eigenvalue weighted by atomic mass is 19.1. The van der Waals surface area contributed by atoms with Gasteiger partial charge in [0.05, 0.1) is 5.52 Å². The number of aliphatic hydroxyl groups excluding tert-OH is 1. The number of rotatable bonds is 6. The lowest BCUT2D eigenvalue weighted by Gasteiger charge is -2.41. The van der Waals surface area contributed by atoms with Gasteiger partial charge >= 0.3 is 0 Å². The number of fused-ring (bicyclic) bond motifs is 1. The van der Waals surface area contributed by atoms with Crippen LogP contribution in [0.2, 0.25) is 0 Å². The molecule has 0 saturated carbocycles. The lowest BCUT2D eigenvalue weighted by Crippen LogP contribution is -2.52. The van der Waals surface area contributed by atoms with E-state index in [4.69, 9.17) is 0 Å². The molecule has 28 heavy (non-hydrogen) atoms. The number of piperazine rings is 1. The molecule has 1 aromatic heterocycles. The molecule has 1 N–H and O–H groups in total. The number of nitrogens with zero attached hydrogens (tertiary/aromatic N) is 3. The summed E-state index contributed by atoms with van der Waals surface area (Å²) in [5, 5.41) is 10.7. The fraction of sp³-hybridized carbons (Fsp3) is 0.348. The van der Waals surface area contributed by atoms with E-state index in [1.54, 1.807) is 0 Å². The second kappa shape index (κ2) is 8.78. The van der Waals surface area contributed by atoms with Gasteiger partial charge in [-0.25, -0.2) is 4.39 Å². The Kier molecular flexibility index (Phi) is 5.95. The maximum atomic E-state index is 13.2. The Morgan fingerprint density at radius 3 is 2.64 bits per heavy atom. The van der Waals surface area contributed by atoms with Crippen LogP contribution < -0.4 is 0 Å². The summed E-state index contributed by atoms with van der Waals surface area (Å²) in [6.07, 6.45) is 2.59. The van der Waals surface area contributed by atoms with Crippen molar-refractivity contribution < 1.29 is 9.50 Å². The minimum absolute atomic E-state index is 0.175. The third-order valence-electron chi connectivity index (χ3n) is 5.56. The maximum Gasteiger partial charge on any atom is 0.123 e. The maximum absolute atomic E-state index is 13.2. The van der Waals surface area contributed by atoms with E-state index in [-0.39, 0.29) is 18.5 Å². The molecule has 0 radical (unpaired) electrons. The largest absolute Gasteiger partial charge is 0.396 e. The van der Waals surface area contributed by atoms with Crippen molar-refractivity contribution in [2.75, 3.05) is 26.2 Å². The van der Waals surface area contributed by atoms with Crippen molar-refractivity contribution in [2.24, 2.45) is 0 Å². The van der Waals surface area contributed by atoms with Crippen LogP contribution in [0.3, 0.4) is 0 Å². The van der Waals surface area contributed by atoms with Crippen LogP contribution in [-0.4, -0.2) is 52.2 Å². The standard InChI is InChI=1S/C23H26FN3O/c24-21-8-6-18(7-9-21)15-27-13-12-26(17-22(27)10-14-28)16-20-4-1-3-19-5-2-11-25-23(19)20/h1-9,11,22,28H,10,12-17H2/t22-/m0/s1. The number of hydrogen-bond donors (Lipinski definition) is 1. The zero-order valence-corrected chi connectivity index (χ0v) is 16.0. The Morgan fingerprint density at radius 1 is 1.00 bits per heavy atom. The van der Waals surface area contributed by atoms with E-state index in [9.17, 15) is 9.50 Å². The predicted molar refractivity (Wildman–Crippen MR) is 109 cm³/mol. The van der Waals surface area contributed by atoms with Crippen molar-refractivity contribution in [3.05, 3.63) is 77.7 Å². The van der Waals surface area contributed by atoms with Crippen LogP contribution in [0.4, 0.5) is 4.39 Å². The Bertz CT molecular complexity index is 910. The molecule has 146 valence electrons. The molecular formula is C23H26FN3O. The average molecular weight is 379 g/mol. The Hall–Kier alpha value is -2.34. The van der Waals surface area contributed by atoms with E-state index in [1.807, 2.05) is 24.4 Å². The van der Waals surface area contributed by atoms with Crippen LogP contribution in [0.5, 0.6) is 0 Å². The quantitative estimate of drug-likeness (QED) is 0.712. The fourth-order valence-electron chi connectivity index (χ4n) is 4.09. The second-order valence-electron chi connectivity index (χ2n) is 7.49. The third kappa shape index (κ3) is 4.38.